The van der Waals surface area contributed by atoms with Crippen LogP contribution in [0.5, 0.6) is 0 Å². The second-order valence-electron chi connectivity index (χ2n) is 6.17. The van der Waals surface area contributed by atoms with E-state index in [0.717, 1.165) is 24.0 Å². The lowest BCUT2D eigenvalue weighted by molar-refractivity contribution is -0.117. The summed E-state index contributed by atoms with van der Waals surface area (Å²) in [6.07, 6.45) is 3.61. The molecule has 0 aliphatic carbocycles. The molecule has 120 valence electrons. The second-order valence-corrected chi connectivity index (χ2v) is 6.17. The third-order valence-corrected chi connectivity index (χ3v) is 3.63. The van der Waals surface area contributed by atoms with Gasteiger partial charge in [0.1, 0.15) is 0 Å². The third kappa shape index (κ3) is 6.11. The molecule has 2 rings (SSSR count). The Hall–Kier alpha value is -2.35. The quantitative estimate of drug-likeness (QED) is 0.751. The van der Waals surface area contributed by atoms with E-state index in [4.69, 9.17) is 0 Å². The van der Waals surface area contributed by atoms with Gasteiger partial charge in [0.15, 0.2) is 0 Å². The van der Waals surface area contributed by atoms with Crippen molar-refractivity contribution in [3.63, 3.8) is 0 Å². The zero-order valence-corrected chi connectivity index (χ0v) is 14.0. The molecule has 0 saturated carbocycles. The minimum absolute atomic E-state index is 0.0403. The van der Waals surface area contributed by atoms with Gasteiger partial charge in [0, 0.05) is 12.1 Å². The molecule has 1 amide bonds. The van der Waals surface area contributed by atoms with E-state index in [1.165, 1.54) is 5.56 Å². The van der Waals surface area contributed by atoms with Gasteiger partial charge in [-0.3, -0.25) is 4.79 Å². The van der Waals surface area contributed by atoms with Gasteiger partial charge >= 0.3 is 0 Å². The van der Waals surface area contributed by atoms with Crippen LogP contribution in [0.3, 0.4) is 0 Å². The lowest BCUT2D eigenvalue weighted by Gasteiger charge is -2.11. The van der Waals surface area contributed by atoms with E-state index in [1.54, 1.807) is 0 Å². The molecule has 0 aliphatic rings. The molecule has 2 nitrogen and oxygen atoms in total. The Morgan fingerprint density at radius 2 is 1.61 bits per heavy atom. The molecule has 0 spiro atoms. The molecule has 0 radical (unpaired) electrons. The van der Waals surface area contributed by atoms with Crippen LogP contribution in [0.1, 0.15) is 31.4 Å². The van der Waals surface area contributed by atoms with E-state index in [1.807, 2.05) is 54.6 Å². The number of amides is 1. The van der Waals surface area contributed by atoms with Crippen LogP contribution in [-0.2, 0) is 11.2 Å². The fourth-order valence-electron chi connectivity index (χ4n) is 2.34. The molecule has 0 fully saturated rings. The van der Waals surface area contributed by atoms with Crippen LogP contribution < -0.4 is 5.32 Å². The van der Waals surface area contributed by atoms with Crippen molar-refractivity contribution in [2.45, 2.75) is 26.7 Å². The van der Waals surface area contributed by atoms with E-state index in [0.29, 0.717) is 12.5 Å². The average Bonchev–Trinajstić information content (AvgIpc) is 2.58. The zero-order chi connectivity index (χ0) is 16.5. The van der Waals surface area contributed by atoms with Gasteiger partial charge in [-0.05, 0) is 36.0 Å². The summed E-state index contributed by atoms with van der Waals surface area (Å²) >= 11 is 0. The predicted octanol–water partition coefficient (Wildman–Crippen LogP) is 4.48. The van der Waals surface area contributed by atoms with E-state index in [9.17, 15) is 4.79 Å². The third-order valence-electron chi connectivity index (χ3n) is 3.63. The maximum Gasteiger partial charge on any atom is 0.247 e. The van der Waals surface area contributed by atoms with Crippen molar-refractivity contribution in [3.8, 4) is 0 Å². The molecule has 0 aromatic heterocycles. The Morgan fingerprint density at radius 3 is 2.22 bits per heavy atom. The van der Waals surface area contributed by atoms with Crippen LogP contribution in [0, 0.1) is 5.92 Å². The van der Waals surface area contributed by atoms with Crippen LogP contribution in [0.4, 0.5) is 0 Å². The number of nitrogens with one attached hydrogen (secondary N) is 1. The highest BCUT2D eigenvalue weighted by atomic mass is 16.1. The molecule has 1 N–H and O–H groups in total. The Morgan fingerprint density at radius 1 is 1.00 bits per heavy atom. The smallest absolute Gasteiger partial charge is 0.247 e. The molecular weight excluding hydrogens is 282 g/mol. The van der Waals surface area contributed by atoms with Gasteiger partial charge in [-0.25, -0.2) is 0 Å². The Kier molecular flexibility index (Phi) is 6.61. The Balaban J connectivity index is 2.10. The first-order valence-electron chi connectivity index (χ1n) is 8.23. The zero-order valence-electron chi connectivity index (χ0n) is 14.0. The summed E-state index contributed by atoms with van der Waals surface area (Å²) in [5, 5.41) is 3.03. The molecule has 0 bridgehead atoms. The number of benzene rings is 2. The topological polar surface area (TPSA) is 29.1 Å². The van der Waals surface area contributed by atoms with Gasteiger partial charge in [-0.15, -0.1) is 0 Å². The molecule has 2 aromatic carbocycles. The molecule has 2 aromatic rings. The second kappa shape index (κ2) is 8.94. The summed E-state index contributed by atoms with van der Waals surface area (Å²) in [6.45, 7) is 4.91. The first-order chi connectivity index (χ1) is 11.1. The van der Waals surface area contributed by atoms with Crippen LogP contribution in [0.2, 0.25) is 0 Å². The molecule has 0 saturated heterocycles. The van der Waals surface area contributed by atoms with Gasteiger partial charge in [0.25, 0.3) is 0 Å². The molecular formula is C21H25NO. The first kappa shape index (κ1) is 17.0. The van der Waals surface area contributed by atoms with Crippen LogP contribution >= 0.6 is 0 Å². The number of hydrogen-bond donors (Lipinski definition) is 1. The van der Waals surface area contributed by atoms with Gasteiger partial charge in [-0.2, -0.15) is 0 Å². The lowest BCUT2D eigenvalue weighted by atomic mass is 10.0. The molecule has 0 unspecified atom stereocenters. The van der Waals surface area contributed by atoms with Crippen molar-refractivity contribution < 1.29 is 4.79 Å². The van der Waals surface area contributed by atoms with Gasteiger partial charge in [-0.1, -0.05) is 74.5 Å². The van der Waals surface area contributed by atoms with Crippen molar-refractivity contribution in [2.75, 3.05) is 6.54 Å². The largest absolute Gasteiger partial charge is 0.352 e. The standard InChI is InChI=1S/C21H25NO/c1-17(2)16-22-21(23)20(15-19-11-7-4-8-12-19)14-13-18-9-5-3-6-10-18/h3-12,15,17H,13-14,16H2,1-2H3,(H,22,23)/b20-15+. The summed E-state index contributed by atoms with van der Waals surface area (Å²) in [7, 11) is 0. The first-order valence-corrected chi connectivity index (χ1v) is 8.23. The predicted molar refractivity (Wildman–Crippen MR) is 97.0 cm³/mol. The average molecular weight is 307 g/mol. The Labute approximate surface area is 139 Å². The highest BCUT2D eigenvalue weighted by Gasteiger charge is 2.10. The van der Waals surface area contributed by atoms with E-state index in [2.05, 4.69) is 31.3 Å². The fourth-order valence-corrected chi connectivity index (χ4v) is 2.34. The van der Waals surface area contributed by atoms with Crippen molar-refractivity contribution in [1.82, 2.24) is 5.32 Å². The van der Waals surface area contributed by atoms with Gasteiger partial charge in [0.05, 0.1) is 0 Å². The molecule has 0 atom stereocenters. The fraction of sp³-hybridized carbons (Fsp3) is 0.286. The minimum atomic E-state index is 0.0403. The SMILES string of the molecule is CC(C)CNC(=O)/C(=C/c1ccccc1)CCc1ccccc1. The summed E-state index contributed by atoms with van der Waals surface area (Å²) in [6, 6.07) is 20.3. The van der Waals surface area contributed by atoms with Crippen molar-refractivity contribution in [3.05, 3.63) is 77.4 Å². The summed E-state index contributed by atoms with van der Waals surface area (Å²) in [5.74, 6) is 0.490. The van der Waals surface area contributed by atoms with Crippen LogP contribution in [0.25, 0.3) is 6.08 Å². The van der Waals surface area contributed by atoms with Crippen molar-refractivity contribution >= 4 is 12.0 Å². The monoisotopic (exact) mass is 307 g/mol. The number of hydrogen-bond acceptors (Lipinski definition) is 1. The highest BCUT2D eigenvalue weighted by molar-refractivity contribution is 5.97. The number of aryl methyl sites for hydroxylation is 1. The number of carbonyl (C=O) groups excluding carboxylic acids is 1. The lowest BCUT2D eigenvalue weighted by Crippen LogP contribution is -2.28. The van der Waals surface area contributed by atoms with E-state index >= 15 is 0 Å². The summed E-state index contributed by atoms with van der Waals surface area (Å²) in [4.78, 5) is 12.5. The van der Waals surface area contributed by atoms with Crippen molar-refractivity contribution in [1.29, 1.82) is 0 Å². The number of rotatable bonds is 7. The molecule has 0 aliphatic heterocycles. The highest BCUT2D eigenvalue weighted by Crippen LogP contribution is 2.14. The van der Waals surface area contributed by atoms with Crippen molar-refractivity contribution in [2.24, 2.45) is 5.92 Å². The molecule has 23 heavy (non-hydrogen) atoms. The van der Waals surface area contributed by atoms with Gasteiger partial charge in [0.2, 0.25) is 5.91 Å². The summed E-state index contributed by atoms with van der Waals surface area (Å²) < 4.78 is 0. The maximum atomic E-state index is 12.5. The normalized spacial score (nSPS) is 11.5. The van der Waals surface area contributed by atoms with Crippen LogP contribution in [-0.4, -0.2) is 12.5 Å². The van der Waals surface area contributed by atoms with E-state index < -0.39 is 0 Å². The van der Waals surface area contributed by atoms with E-state index in [-0.39, 0.29) is 5.91 Å². The van der Waals surface area contributed by atoms with Crippen LogP contribution in [0.15, 0.2) is 66.2 Å². The minimum Gasteiger partial charge on any atom is -0.352 e. The number of carbonyl (C=O) groups is 1. The molecule has 0 heterocycles. The Bertz CT molecular complexity index is 629. The van der Waals surface area contributed by atoms with Gasteiger partial charge < -0.3 is 5.32 Å². The summed E-state index contributed by atoms with van der Waals surface area (Å²) in [5.41, 5.74) is 3.15. The molecule has 2 heteroatoms. The maximum absolute atomic E-state index is 12.5.